The molecule has 5 nitrogen and oxygen atoms in total. The predicted molar refractivity (Wildman–Crippen MR) is 96.9 cm³/mol. The number of ether oxygens (including phenoxy) is 1. The molecule has 1 heterocycles. The molecule has 2 rings (SSSR count). The van der Waals surface area contributed by atoms with Crippen LogP contribution in [0, 0.1) is 5.92 Å². The number of nitrogens with zero attached hydrogens (tertiary/aromatic N) is 2. The normalized spacial score (nSPS) is 16.1. The third kappa shape index (κ3) is 4.73. The zero-order valence-corrected chi connectivity index (χ0v) is 15.0. The van der Waals surface area contributed by atoms with Crippen LogP contribution in [0.5, 0.6) is 0 Å². The number of nitrogens with one attached hydrogen (secondary N) is 1. The Balaban J connectivity index is 2.02. The molecule has 24 heavy (non-hydrogen) atoms. The van der Waals surface area contributed by atoms with Gasteiger partial charge in [-0.1, -0.05) is 31.2 Å². The molecule has 0 atom stereocenters. The van der Waals surface area contributed by atoms with Gasteiger partial charge in [0.1, 0.15) is 0 Å². The van der Waals surface area contributed by atoms with Crippen LogP contribution in [-0.4, -0.2) is 43.6 Å². The number of piperidine rings is 1. The summed E-state index contributed by atoms with van der Waals surface area (Å²) in [6, 6.07) is 8.46. The van der Waals surface area contributed by atoms with Crippen molar-refractivity contribution in [1.29, 1.82) is 0 Å². The van der Waals surface area contributed by atoms with Crippen LogP contribution in [0.2, 0.25) is 0 Å². The summed E-state index contributed by atoms with van der Waals surface area (Å²) in [6.07, 6.45) is 2.66. The summed E-state index contributed by atoms with van der Waals surface area (Å²) in [4.78, 5) is 18.7. The molecule has 1 aromatic carbocycles. The van der Waals surface area contributed by atoms with Gasteiger partial charge in [-0.2, -0.15) is 0 Å². The summed E-state index contributed by atoms with van der Waals surface area (Å²) in [5.74, 6) is 0.870. The highest BCUT2D eigenvalue weighted by atomic mass is 16.5. The number of esters is 1. The highest BCUT2D eigenvalue weighted by Gasteiger charge is 2.26. The van der Waals surface area contributed by atoms with Gasteiger partial charge in [0.05, 0.1) is 19.6 Å². The summed E-state index contributed by atoms with van der Waals surface area (Å²) in [5.41, 5.74) is 2.63. The smallest absolute Gasteiger partial charge is 0.308 e. The number of methoxy groups -OCH3 is 1. The van der Waals surface area contributed by atoms with Gasteiger partial charge in [-0.3, -0.25) is 4.79 Å². The fourth-order valence-electron chi connectivity index (χ4n) is 3.14. The number of guanidine groups is 1. The van der Waals surface area contributed by atoms with Crippen molar-refractivity contribution in [3.05, 3.63) is 35.4 Å². The second-order valence-corrected chi connectivity index (χ2v) is 6.08. The standard InChI is InChI=1S/C19H29N3O2/c1-4-15-8-6-7-9-17(15)14-21-19(20-5-2)22-12-10-16(11-13-22)18(23)24-3/h6-9,16H,4-5,10-14H2,1-3H3,(H,20,21). The molecular formula is C19H29N3O2. The molecule has 1 N–H and O–H groups in total. The molecule has 1 saturated heterocycles. The molecule has 0 aromatic heterocycles. The number of rotatable bonds is 5. The number of carbonyl (C=O) groups is 1. The van der Waals surface area contributed by atoms with Gasteiger partial charge >= 0.3 is 5.97 Å². The number of hydrogen-bond acceptors (Lipinski definition) is 3. The van der Waals surface area contributed by atoms with Crippen LogP contribution in [0.1, 0.15) is 37.8 Å². The van der Waals surface area contributed by atoms with E-state index in [1.54, 1.807) is 0 Å². The van der Waals surface area contributed by atoms with Crippen LogP contribution in [-0.2, 0) is 22.5 Å². The first-order valence-corrected chi connectivity index (χ1v) is 8.87. The number of carbonyl (C=O) groups excluding carboxylic acids is 1. The summed E-state index contributed by atoms with van der Waals surface area (Å²) in [5, 5.41) is 3.38. The highest BCUT2D eigenvalue weighted by Crippen LogP contribution is 2.19. The van der Waals surface area contributed by atoms with Crippen molar-refractivity contribution >= 4 is 11.9 Å². The van der Waals surface area contributed by atoms with Crippen LogP contribution in [0.4, 0.5) is 0 Å². The fourth-order valence-corrected chi connectivity index (χ4v) is 3.14. The molecule has 0 amide bonds. The average Bonchev–Trinajstić information content (AvgIpc) is 2.64. The molecule has 0 unspecified atom stereocenters. The topological polar surface area (TPSA) is 53.9 Å². The quantitative estimate of drug-likeness (QED) is 0.512. The van der Waals surface area contributed by atoms with Crippen molar-refractivity contribution in [3.63, 3.8) is 0 Å². The lowest BCUT2D eigenvalue weighted by Gasteiger charge is -2.33. The molecule has 0 saturated carbocycles. The van der Waals surface area contributed by atoms with Gasteiger partial charge in [-0.05, 0) is 37.3 Å². The second-order valence-electron chi connectivity index (χ2n) is 6.08. The molecule has 0 radical (unpaired) electrons. The van der Waals surface area contributed by atoms with E-state index in [1.807, 2.05) is 0 Å². The molecule has 5 heteroatoms. The second kappa shape index (κ2) is 9.30. The van der Waals surface area contributed by atoms with E-state index in [1.165, 1.54) is 18.2 Å². The van der Waals surface area contributed by atoms with Crippen LogP contribution in [0.3, 0.4) is 0 Å². The van der Waals surface area contributed by atoms with Gasteiger partial charge < -0.3 is 15.0 Å². The van der Waals surface area contributed by atoms with Crippen molar-refractivity contribution in [2.24, 2.45) is 10.9 Å². The van der Waals surface area contributed by atoms with Crippen molar-refractivity contribution in [1.82, 2.24) is 10.2 Å². The molecule has 1 aliphatic heterocycles. The lowest BCUT2D eigenvalue weighted by Crippen LogP contribution is -2.46. The number of aryl methyl sites for hydroxylation is 1. The lowest BCUT2D eigenvalue weighted by molar-refractivity contribution is -0.146. The maximum absolute atomic E-state index is 11.7. The number of likely N-dealkylation sites (tertiary alicyclic amines) is 1. The Morgan fingerprint density at radius 2 is 1.92 bits per heavy atom. The van der Waals surface area contributed by atoms with Crippen molar-refractivity contribution in [2.45, 2.75) is 39.7 Å². The van der Waals surface area contributed by atoms with E-state index in [2.05, 4.69) is 48.3 Å². The Hall–Kier alpha value is -2.04. The summed E-state index contributed by atoms with van der Waals surface area (Å²) >= 11 is 0. The van der Waals surface area contributed by atoms with E-state index in [0.29, 0.717) is 6.54 Å². The monoisotopic (exact) mass is 331 g/mol. The number of benzene rings is 1. The van der Waals surface area contributed by atoms with Gasteiger partial charge in [-0.15, -0.1) is 0 Å². The van der Waals surface area contributed by atoms with Gasteiger partial charge in [0, 0.05) is 19.6 Å². The summed E-state index contributed by atoms with van der Waals surface area (Å²) in [6.45, 7) is 7.44. The van der Waals surface area contributed by atoms with Crippen molar-refractivity contribution in [2.75, 3.05) is 26.7 Å². The molecule has 1 aromatic rings. The van der Waals surface area contributed by atoms with Gasteiger partial charge in [0.2, 0.25) is 0 Å². The zero-order valence-electron chi connectivity index (χ0n) is 15.0. The maximum atomic E-state index is 11.7. The molecule has 132 valence electrons. The largest absolute Gasteiger partial charge is 0.469 e. The Bertz CT molecular complexity index is 563. The van der Waals surface area contributed by atoms with E-state index in [0.717, 1.165) is 44.9 Å². The zero-order chi connectivity index (χ0) is 17.4. The van der Waals surface area contributed by atoms with Crippen LogP contribution in [0.15, 0.2) is 29.3 Å². The Morgan fingerprint density at radius 3 is 2.50 bits per heavy atom. The first-order valence-electron chi connectivity index (χ1n) is 8.87. The molecule has 0 aliphatic carbocycles. The molecule has 1 aliphatic rings. The molecule has 0 spiro atoms. The summed E-state index contributed by atoms with van der Waals surface area (Å²) in [7, 11) is 1.46. The van der Waals surface area contributed by atoms with Gasteiger partial charge in [-0.25, -0.2) is 4.99 Å². The number of hydrogen-bond donors (Lipinski definition) is 1. The molecule has 0 bridgehead atoms. The SMILES string of the molecule is CCNC(=NCc1ccccc1CC)N1CCC(C(=O)OC)CC1. The van der Waals surface area contributed by atoms with E-state index in [4.69, 9.17) is 9.73 Å². The maximum Gasteiger partial charge on any atom is 0.308 e. The van der Waals surface area contributed by atoms with Crippen LogP contribution >= 0.6 is 0 Å². The van der Waals surface area contributed by atoms with Crippen molar-refractivity contribution in [3.8, 4) is 0 Å². The van der Waals surface area contributed by atoms with Gasteiger partial charge in [0.15, 0.2) is 5.96 Å². The van der Waals surface area contributed by atoms with E-state index in [9.17, 15) is 4.79 Å². The minimum Gasteiger partial charge on any atom is -0.469 e. The average molecular weight is 331 g/mol. The third-order valence-corrected chi connectivity index (χ3v) is 4.56. The van der Waals surface area contributed by atoms with Gasteiger partial charge in [0.25, 0.3) is 0 Å². The minimum atomic E-state index is -0.0894. The highest BCUT2D eigenvalue weighted by molar-refractivity contribution is 5.80. The fraction of sp³-hybridized carbons (Fsp3) is 0.579. The Morgan fingerprint density at radius 1 is 1.25 bits per heavy atom. The Kier molecular flexibility index (Phi) is 7.09. The number of aliphatic imine (C=N–C) groups is 1. The first-order chi connectivity index (χ1) is 11.7. The minimum absolute atomic E-state index is 0.0231. The Labute approximate surface area is 145 Å². The van der Waals surface area contributed by atoms with Crippen LogP contribution < -0.4 is 5.32 Å². The first kappa shape index (κ1) is 18.3. The predicted octanol–water partition coefficient (Wildman–Crippen LogP) is 2.60. The summed E-state index contributed by atoms with van der Waals surface area (Å²) < 4.78 is 4.86. The van der Waals surface area contributed by atoms with E-state index < -0.39 is 0 Å². The lowest BCUT2D eigenvalue weighted by atomic mass is 9.97. The van der Waals surface area contributed by atoms with E-state index >= 15 is 0 Å². The van der Waals surface area contributed by atoms with Crippen molar-refractivity contribution < 1.29 is 9.53 Å². The van der Waals surface area contributed by atoms with Crippen LogP contribution in [0.25, 0.3) is 0 Å². The molecular weight excluding hydrogens is 302 g/mol. The third-order valence-electron chi connectivity index (χ3n) is 4.56. The molecule has 1 fully saturated rings. The van der Waals surface area contributed by atoms with E-state index in [-0.39, 0.29) is 11.9 Å².